The summed E-state index contributed by atoms with van der Waals surface area (Å²) in [4.78, 5) is 10.2. The van der Waals surface area contributed by atoms with Crippen molar-refractivity contribution in [3.8, 4) is 0 Å². The maximum atomic E-state index is 10.2. The fourth-order valence-corrected chi connectivity index (χ4v) is 0.870. The van der Waals surface area contributed by atoms with Crippen LogP contribution >= 0.6 is 0 Å². The van der Waals surface area contributed by atoms with Gasteiger partial charge in [-0.15, -0.1) is 0 Å². The molecule has 0 aromatic rings. The molecule has 2 N–H and O–H groups in total. The second-order valence-corrected chi connectivity index (χ2v) is 3.44. The molecule has 0 saturated heterocycles. The molecule has 0 radical (unpaired) electrons. The molecule has 3 heteroatoms. The highest BCUT2D eigenvalue weighted by Gasteiger charge is 2.07. The van der Waals surface area contributed by atoms with Crippen LogP contribution in [0.1, 0.15) is 20.8 Å². The van der Waals surface area contributed by atoms with Gasteiger partial charge in [-0.05, 0) is 13.8 Å². The van der Waals surface area contributed by atoms with Crippen LogP contribution in [0.2, 0.25) is 0 Å². The zero-order chi connectivity index (χ0) is 11.8. The molecule has 0 rings (SSSR count). The van der Waals surface area contributed by atoms with Crippen molar-refractivity contribution in [1.29, 1.82) is 0 Å². The zero-order valence-corrected chi connectivity index (χ0v) is 9.34. The van der Waals surface area contributed by atoms with Gasteiger partial charge in [-0.25, -0.2) is 4.79 Å². The molecule has 0 spiro atoms. The third-order valence-electron chi connectivity index (χ3n) is 2.09. The number of carboxylic acids is 1. The van der Waals surface area contributed by atoms with E-state index in [1.165, 1.54) is 6.08 Å². The number of aliphatic hydroxyl groups excluding tert-OH is 1. The fraction of sp³-hybridized carbons (Fsp3) is 0.417. The minimum absolute atomic E-state index is 0.206. The molecule has 0 saturated carbocycles. The second kappa shape index (κ2) is 7.01. The zero-order valence-electron chi connectivity index (χ0n) is 9.34. The lowest BCUT2D eigenvalue weighted by molar-refractivity contribution is -0.131. The average molecular weight is 210 g/mol. The van der Waals surface area contributed by atoms with E-state index in [-0.39, 0.29) is 5.92 Å². The first-order valence-corrected chi connectivity index (χ1v) is 4.87. The molecule has 2 atom stereocenters. The maximum Gasteiger partial charge on any atom is 0.327 e. The van der Waals surface area contributed by atoms with Crippen molar-refractivity contribution >= 4 is 5.97 Å². The molecule has 0 heterocycles. The monoisotopic (exact) mass is 210 g/mol. The summed E-state index contributed by atoms with van der Waals surface area (Å²) < 4.78 is 0. The molecule has 0 aliphatic rings. The van der Waals surface area contributed by atoms with Crippen LogP contribution in [0.25, 0.3) is 0 Å². The molecular formula is C12H18O3. The molecule has 3 nitrogen and oxygen atoms in total. The highest BCUT2D eigenvalue weighted by Crippen LogP contribution is 2.07. The lowest BCUT2D eigenvalue weighted by Gasteiger charge is -2.10. The SMILES string of the molecule is C/C=C(C)/C=C/C(O)C(C)/C=C/C(=O)O. The standard InChI is InChI=1S/C12H18O3/c1-4-9(2)5-7-11(13)10(3)6-8-12(14)15/h4-8,10-11,13H,1-3H3,(H,14,15)/b7-5+,8-6+,9-4+. The first-order valence-electron chi connectivity index (χ1n) is 4.87. The molecule has 0 aliphatic carbocycles. The van der Waals surface area contributed by atoms with E-state index in [2.05, 4.69) is 0 Å². The Morgan fingerprint density at radius 3 is 2.33 bits per heavy atom. The van der Waals surface area contributed by atoms with Crippen LogP contribution in [0.5, 0.6) is 0 Å². The number of rotatable bonds is 5. The second-order valence-electron chi connectivity index (χ2n) is 3.44. The highest BCUT2D eigenvalue weighted by atomic mass is 16.4. The Kier molecular flexibility index (Phi) is 6.38. The predicted molar refractivity (Wildman–Crippen MR) is 60.5 cm³/mol. The third kappa shape index (κ3) is 6.69. The van der Waals surface area contributed by atoms with E-state index in [1.54, 1.807) is 13.0 Å². The van der Waals surface area contributed by atoms with E-state index in [4.69, 9.17) is 5.11 Å². The largest absolute Gasteiger partial charge is 0.478 e. The van der Waals surface area contributed by atoms with Gasteiger partial charge in [0.05, 0.1) is 6.10 Å². The summed E-state index contributed by atoms with van der Waals surface area (Å²) in [7, 11) is 0. The van der Waals surface area contributed by atoms with Crippen LogP contribution in [-0.2, 0) is 4.79 Å². The van der Waals surface area contributed by atoms with Crippen molar-refractivity contribution in [1.82, 2.24) is 0 Å². The van der Waals surface area contributed by atoms with Gasteiger partial charge >= 0.3 is 5.97 Å². The van der Waals surface area contributed by atoms with E-state index < -0.39 is 12.1 Å². The average Bonchev–Trinajstić information content (AvgIpc) is 2.21. The number of carboxylic acid groups (broad SMARTS) is 1. The fourth-order valence-electron chi connectivity index (χ4n) is 0.870. The predicted octanol–water partition coefficient (Wildman–Crippen LogP) is 2.15. The molecule has 0 aromatic heterocycles. The highest BCUT2D eigenvalue weighted by molar-refractivity contribution is 5.79. The lowest BCUT2D eigenvalue weighted by atomic mass is 10.0. The Hall–Kier alpha value is -1.35. The molecule has 0 aromatic carbocycles. The van der Waals surface area contributed by atoms with E-state index in [0.29, 0.717) is 0 Å². The minimum Gasteiger partial charge on any atom is -0.478 e. The Bertz CT molecular complexity index is 287. The van der Waals surface area contributed by atoms with Gasteiger partial charge in [0.15, 0.2) is 0 Å². The van der Waals surface area contributed by atoms with E-state index in [1.807, 2.05) is 26.0 Å². The summed E-state index contributed by atoms with van der Waals surface area (Å²) in [5, 5.41) is 18.0. The number of hydrogen-bond donors (Lipinski definition) is 2. The summed E-state index contributed by atoms with van der Waals surface area (Å²) in [5.74, 6) is -1.20. The molecule has 0 amide bonds. The normalized spacial score (nSPS) is 17.2. The summed E-state index contributed by atoms with van der Waals surface area (Å²) in [6.45, 7) is 5.61. The van der Waals surface area contributed by atoms with Crippen molar-refractivity contribution in [2.75, 3.05) is 0 Å². The third-order valence-corrected chi connectivity index (χ3v) is 2.09. The topological polar surface area (TPSA) is 57.5 Å². The van der Waals surface area contributed by atoms with E-state index in [9.17, 15) is 9.90 Å². The molecule has 84 valence electrons. The lowest BCUT2D eigenvalue weighted by Crippen LogP contribution is -2.12. The molecular weight excluding hydrogens is 192 g/mol. The summed E-state index contributed by atoms with van der Waals surface area (Å²) in [6, 6.07) is 0. The molecule has 15 heavy (non-hydrogen) atoms. The van der Waals surface area contributed by atoms with E-state index in [0.717, 1.165) is 11.6 Å². The molecule has 2 unspecified atom stereocenters. The van der Waals surface area contributed by atoms with Crippen LogP contribution in [-0.4, -0.2) is 22.3 Å². The van der Waals surface area contributed by atoms with Gasteiger partial charge in [-0.1, -0.05) is 36.8 Å². The minimum atomic E-state index is -0.998. The van der Waals surface area contributed by atoms with Gasteiger partial charge in [-0.2, -0.15) is 0 Å². The van der Waals surface area contributed by atoms with Crippen molar-refractivity contribution < 1.29 is 15.0 Å². The van der Waals surface area contributed by atoms with Crippen molar-refractivity contribution in [2.24, 2.45) is 5.92 Å². The van der Waals surface area contributed by atoms with E-state index >= 15 is 0 Å². The van der Waals surface area contributed by atoms with Crippen LogP contribution in [0.4, 0.5) is 0 Å². The Morgan fingerprint density at radius 2 is 1.87 bits per heavy atom. The van der Waals surface area contributed by atoms with Crippen LogP contribution in [0, 0.1) is 5.92 Å². The van der Waals surface area contributed by atoms with Crippen LogP contribution < -0.4 is 0 Å². The first-order chi connectivity index (χ1) is 6.97. The summed E-state index contributed by atoms with van der Waals surface area (Å²) >= 11 is 0. The quantitative estimate of drug-likeness (QED) is 0.540. The Labute approximate surface area is 90.4 Å². The number of aliphatic hydroxyl groups is 1. The summed E-state index contributed by atoms with van der Waals surface area (Å²) in [5.41, 5.74) is 1.06. The van der Waals surface area contributed by atoms with Gasteiger partial charge in [0.2, 0.25) is 0 Å². The van der Waals surface area contributed by atoms with Crippen molar-refractivity contribution in [3.05, 3.63) is 36.0 Å². The van der Waals surface area contributed by atoms with Gasteiger partial charge in [0.1, 0.15) is 0 Å². The van der Waals surface area contributed by atoms with Crippen LogP contribution in [0.3, 0.4) is 0 Å². The molecule has 0 bridgehead atoms. The number of carbonyl (C=O) groups is 1. The number of hydrogen-bond acceptors (Lipinski definition) is 2. The van der Waals surface area contributed by atoms with Gasteiger partial charge in [0, 0.05) is 12.0 Å². The smallest absolute Gasteiger partial charge is 0.327 e. The first kappa shape index (κ1) is 13.7. The molecule has 0 fully saturated rings. The Morgan fingerprint density at radius 1 is 1.27 bits per heavy atom. The van der Waals surface area contributed by atoms with Gasteiger partial charge in [0.25, 0.3) is 0 Å². The van der Waals surface area contributed by atoms with Crippen LogP contribution in [0.15, 0.2) is 36.0 Å². The van der Waals surface area contributed by atoms with Gasteiger partial charge < -0.3 is 10.2 Å². The number of allylic oxidation sites excluding steroid dienone is 3. The van der Waals surface area contributed by atoms with Crippen molar-refractivity contribution in [3.63, 3.8) is 0 Å². The number of aliphatic carboxylic acids is 1. The van der Waals surface area contributed by atoms with Crippen molar-refractivity contribution in [2.45, 2.75) is 26.9 Å². The summed E-state index contributed by atoms with van der Waals surface area (Å²) in [6.07, 6.45) is 7.27. The van der Waals surface area contributed by atoms with Gasteiger partial charge in [-0.3, -0.25) is 0 Å². The maximum absolute atomic E-state index is 10.2. The Balaban J connectivity index is 4.27. The molecule has 0 aliphatic heterocycles.